The molecule has 37 heavy (non-hydrogen) atoms. The summed E-state index contributed by atoms with van der Waals surface area (Å²) in [7, 11) is 0. The molecule has 1 saturated heterocycles. The number of piperidine rings is 1. The second-order valence-electron chi connectivity index (χ2n) is 9.76. The van der Waals surface area contributed by atoms with E-state index in [1.807, 2.05) is 40.2 Å². The molecule has 1 aliphatic carbocycles. The van der Waals surface area contributed by atoms with Crippen LogP contribution in [0.3, 0.4) is 0 Å². The first-order valence-corrected chi connectivity index (χ1v) is 12.8. The fraction of sp³-hybridized carbons (Fsp3) is 0.385. The molecule has 4 aromatic heterocycles. The molecule has 2 aliphatic rings. The van der Waals surface area contributed by atoms with Gasteiger partial charge in [-0.2, -0.15) is 9.61 Å². The minimum absolute atomic E-state index is 0.0167. The van der Waals surface area contributed by atoms with Crippen LogP contribution >= 0.6 is 0 Å². The van der Waals surface area contributed by atoms with Crippen molar-refractivity contribution in [2.45, 2.75) is 50.6 Å². The Morgan fingerprint density at radius 3 is 2.68 bits per heavy atom. The first kappa shape index (κ1) is 23.1. The molecule has 4 aromatic rings. The highest BCUT2D eigenvalue weighted by Crippen LogP contribution is 2.30. The third kappa shape index (κ3) is 4.52. The zero-order chi connectivity index (χ0) is 25.4. The highest BCUT2D eigenvalue weighted by Gasteiger charge is 2.24. The van der Waals surface area contributed by atoms with Crippen molar-refractivity contribution >= 4 is 23.2 Å². The first-order valence-electron chi connectivity index (χ1n) is 12.8. The fourth-order valence-electron chi connectivity index (χ4n) is 5.29. The molecule has 0 aromatic carbocycles. The molecule has 3 N–H and O–H groups in total. The Bertz CT molecular complexity index is 1440. The van der Waals surface area contributed by atoms with Crippen molar-refractivity contribution in [1.29, 1.82) is 0 Å². The lowest BCUT2D eigenvalue weighted by Gasteiger charge is -2.31. The highest BCUT2D eigenvalue weighted by molar-refractivity contribution is 5.87. The van der Waals surface area contributed by atoms with Gasteiger partial charge in [-0.3, -0.25) is 9.48 Å². The average molecular weight is 499 g/mol. The Hall–Kier alpha value is -4.28. The van der Waals surface area contributed by atoms with E-state index >= 15 is 0 Å². The van der Waals surface area contributed by atoms with Crippen LogP contribution in [0.15, 0.2) is 49.4 Å². The average Bonchev–Trinajstić information content (AvgIpc) is 3.70. The zero-order valence-corrected chi connectivity index (χ0v) is 20.6. The van der Waals surface area contributed by atoms with E-state index in [2.05, 4.69) is 32.2 Å². The zero-order valence-electron chi connectivity index (χ0n) is 20.6. The van der Waals surface area contributed by atoms with Crippen LogP contribution in [0, 0.1) is 0 Å². The van der Waals surface area contributed by atoms with Crippen LogP contribution in [0.5, 0.6) is 0 Å². The van der Waals surface area contributed by atoms with E-state index in [0.717, 1.165) is 42.6 Å². The van der Waals surface area contributed by atoms with Gasteiger partial charge in [0.2, 0.25) is 5.91 Å². The molecular formula is C26H30N10O. The number of rotatable bonds is 6. The van der Waals surface area contributed by atoms with Gasteiger partial charge in [0, 0.05) is 42.7 Å². The minimum atomic E-state index is -0.0167. The standard InChI is InChI=1S/C26H30N10O/c1-2-24(37)34-11-9-20(10-12-34)35-16-18(15-29-35)17-13-21(25(27)28-14-17)26-32-31-23-8-7-22(33-36(23)26)30-19-5-3-4-6-19/h2,7-8,13-16,19-20H,1,3-6,9-12H2,(H2,27,28)(H,30,33). The summed E-state index contributed by atoms with van der Waals surface area (Å²) in [4.78, 5) is 18.2. The molecule has 0 atom stereocenters. The van der Waals surface area contributed by atoms with Crippen LogP contribution < -0.4 is 11.1 Å². The van der Waals surface area contributed by atoms with Crippen LogP contribution in [0.1, 0.15) is 44.6 Å². The van der Waals surface area contributed by atoms with Gasteiger partial charge >= 0.3 is 0 Å². The topological polar surface area (TPSA) is 132 Å². The van der Waals surface area contributed by atoms with Gasteiger partial charge in [-0.05, 0) is 50.0 Å². The lowest BCUT2D eigenvalue weighted by Crippen LogP contribution is -2.38. The van der Waals surface area contributed by atoms with Gasteiger partial charge in [-0.25, -0.2) is 4.98 Å². The summed E-state index contributed by atoms with van der Waals surface area (Å²) >= 11 is 0. The third-order valence-corrected chi connectivity index (χ3v) is 7.39. The molecule has 11 nitrogen and oxygen atoms in total. The second-order valence-corrected chi connectivity index (χ2v) is 9.76. The largest absolute Gasteiger partial charge is 0.383 e. The summed E-state index contributed by atoms with van der Waals surface area (Å²) in [6.45, 7) is 4.98. The van der Waals surface area contributed by atoms with Gasteiger partial charge in [-0.15, -0.1) is 15.3 Å². The smallest absolute Gasteiger partial charge is 0.245 e. The number of nitrogens with two attached hydrogens (primary N) is 1. The molecule has 5 heterocycles. The normalized spacial score (nSPS) is 16.9. The molecule has 0 radical (unpaired) electrons. The Balaban J connectivity index is 1.25. The third-order valence-electron chi connectivity index (χ3n) is 7.39. The summed E-state index contributed by atoms with van der Waals surface area (Å²) in [5.41, 5.74) is 9.42. The van der Waals surface area contributed by atoms with Crippen LogP contribution in [-0.2, 0) is 4.79 Å². The number of hydrogen-bond donors (Lipinski definition) is 2. The molecule has 0 bridgehead atoms. The highest BCUT2D eigenvalue weighted by atomic mass is 16.2. The predicted octanol–water partition coefficient (Wildman–Crippen LogP) is 3.34. The number of carbonyl (C=O) groups excluding carboxylic acids is 1. The molecule has 1 aliphatic heterocycles. The lowest BCUT2D eigenvalue weighted by atomic mass is 10.0. The van der Waals surface area contributed by atoms with Crippen molar-refractivity contribution in [3.63, 3.8) is 0 Å². The Labute approximate surface area is 214 Å². The molecular weight excluding hydrogens is 468 g/mol. The lowest BCUT2D eigenvalue weighted by molar-refractivity contribution is -0.127. The van der Waals surface area contributed by atoms with Crippen molar-refractivity contribution < 1.29 is 4.79 Å². The molecule has 11 heteroatoms. The maximum absolute atomic E-state index is 11.9. The Kier molecular flexibility index (Phi) is 6.03. The number of likely N-dealkylation sites (tertiary alicyclic amines) is 1. The quantitative estimate of drug-likeness (QED) is 0.387. The maximum atomic E-state index is 11.9. The number of nitrogens with zero attached hydrogens (tertiary/aromatic N) is 8. The van der Waals surface area contributed by atoms with Crippen LogP contribution in [0.4, 0.5) is 11.6 Å². The van der Waals surface area contributed by atoms with Crippen LogP contribution in [-0.4, -0.2) is 64.5 Å². The van der Waals surface area contributed by atoms with Gasteiger partial charge in [0.05, 0.1) is 17.8 Å². The predicted molar refractivity (Wildman–Crippen MR) is 141 cm³/mol. The van der Waals surface area contributed by atoms with Gasteiger partial charge < -0.3 is 16.0 Å². The van der Waals surface area contributed by atoms with Crippen molar-refractivity contribution in [3.05, 3.63) is 49.4 Å². The molecule has 1 saturated carbocycles. The van der Waals surface area contributed by atoms with Gasteiger partial charge in [0.1, 0.15) is 11.6 Å². The number of amides is 1. The molecule has 0 spiro atoms. The summed E-state index contributed by atoms with van der Waals surface area (Å²) in [5.74, 6) is 1.69. The molecule has 2 fully saturated rings. The number of nitrogens with one attached hydrogen (secondary N) is 1. The van der Waals surface area contributed by atoms with Crippen molar-refractivity contribution in [2.75, 3.05) is 24.1 Å². The monoisotopic (exact) mass is 498 g/mol. The van der Waals surface area contributed by atoms with E-state index in [-0.39, 0.29) is 11.9 Å². The van der Waals surface area contributed by atoms with E-state index in [1.165, 1.54) is 18.9 Å². The van der Waals surface area contributed by atoms with E-state index < -0.39 is 0 Å². The number of aromatic nitrogens is 7. The second kappa shape index (κ2) is 9.64. The van der Waals surface area contributed by atoms with Crippen molar-refractivity contribution in [1.82, 2.24) is 39.5 Å². The number of pyridine rings is 1. The molecule has 1 amide bonds. The number of nitrogen functional groups attached to an aromatic ring is 1. The molecule has 190 valence electrons. The van der Waals surface area contributed by atoms with E-state index in [1.54, 1.807) is 10.7 Å². The molecule has 0 unspecified atom stereocenters. The number of hydrogen-bond acceptors (Lipinski definition) is 8. The summed E-state index contributed by atoms with van der Waals surface area (Å²) in [6.07, 6.45) is 13.5. The van der Waals surface area contributed by atoms with E-state index in [9.17, 15) is 4.79 Å². The number of carbonyl (C=O) groups is 1. The van der Waals surface area contributed by atoms with Crippen LogP contribution in [0.25, 0.3) is 28.2 Å². The summed E-state index contributed by atoms with van der Waals surface area (Å²) < 4.78 is 3.70. The maximum Gasteiger partial charge on any atom is 0.245 e. The minimum Gasteiger partial charge on any atom is -0.383 e. The SMILES string of the molecule is C=CC(=O)N1CCC(n2cc(-c3cnc(N)c(-c4nnc5ccc(NC6CCCC6)nn45)c3)cn2)CC1. The van der Waals surface area contributed by atoms with Crippen LogP contribution in [0.2, 0.25) is 0 Å². The number of fused-ring (bicyclic) bond motifs is 1. The Morgan fingerprint density at radius 2 is 1.89 bits per heavy atom. The summed E-state index contributed by atoms with van der Waals surface area (Å²) in [6, 6.07) is 6.50. The van der Waals surface area contributed by atoms with Crippen molar-refractivity contribution in [2.24, 2.45) is 0 Å². The van der Waals surface area contributed by atoms with Gasteiger partial charge in [0.15, 0.2) is 11.5 Å². The van der Waals surface area contributed by atoms with Gasteiger partial charge in [-0.1, -0.05) is 19.4 Å². The first-order chi connectivity index (χ1) is 18.1. The fourth-order valence-corrected chi connectivity index (χ4v) is 5.29. The van der Waals surface area contributed by atoms with Crippen molar-refractivity contribution in [3.8, 4) is 22.5 Å². The number of anilines is 2. The summed E-state index contributed by atoms with van der Waals surface area (Å²) in [5, 5.41) is 21.6. The molecule has 6 rings (SSSR count). The van der Waals surface area contributed by atoms with E-state index in [0.29, 0.717) is 42.0 Å². The Morgan fingerprint density at radius 1 is 1.08 bits per heavy atom. The van der Waals surface area contributed by atoms with E-state index in [4.69, 9.17) is 10.8 Å². The van der Waals surface area contributed by atoms with Gasteiger partial charge in [0.25, 0.3) is 0 Å².